The molecule has 7 nitrogen and oxygen atoms in total. The van der Waals surface area contributed by atoms with Gasteiger partial charge >= 0.3 is 0 Å². The average molecular weight is 330 g/mol. The highest BCUT2D eigenvalue weighted by Gasteiger charge is 2.38. The third kappa shape index (κ3) is 2.80. The van der Waals surface area contributed by atoms with Gasteiger partial charge in [-0.05, 0) is 30.4 Å². The van der Waals surface area contributed by atoms with Crippen LogP contribution in [-0.2, 0) is 11.8 Å². The summed E-state index contributed by atoms with van der Waals surface area (Å²) in [5.41, 5.74) is 1.84. The van der Waals surface area contributed by atoms with E-state index in [1.165, 1.54) is 12.8 Å². The highest BCUT2D eigenvalue weighted by molar-refractivity contribution is 5.94. The van der Waals surface area contributed by atoms with Crippen LogP contribution in [0.3, 0.4) is 0 Å². The molecule has 7 heteroatoms. The predicted molar refractivity (Wildman–Crippen MR) is 87.1 cm³/mol. The first-order chi connectivity index (χ1) is 11.6. The lowest BCUT2D eigenvalue weighted by Crippen LogP contribution is -2.46. The van der Waals surface area contributed by atoms with Gasteiger partial charge in [-0.25, -0.2) is 0 Å². The number of amides is 1. The van der Waals surface area contributed by atoms with E-state index >= 15 is 0 Å². The average Bonchev–Trinajstić information content (AvgIpc) is 2.99. The zero-order valence-electron chi connectivity index (χ0n) is 13.9. The number of rotatable bonds is 5. The molecule has 0 unspecified atom stereocenters. The number of aromatic amines is 1. The summed E-state index contributed by atoms with van der Waals surface area (Å²) in [4.78, 5) is 17.8. The molecule has 0 bridgehead atoms. The van der Waals surface area contributed by atoms with Crippen molar-refractivity contribution in [1.82, 2.24) is 19.7 Å². The molecule has 1 amide bonds. The molecule has 1 aliphatic carbocycles. The van der Waals surface area contributed by atoms with Crippen LogP contribution in [0.5, 0.6) is 5.75 Å². The number of aromatic nitrogens is 3. The minimum atomic E-state index is -0.192. The van der Waals surface area contributed by atoms with Crippen LogP contribution in [0.15, 0.2) is 24.7 Å². The van der Waals surface area contributed by atoms with Crippen LogP contribution in [0, 0.1) is 0 Å². The number of nitrogens with zero attached hydrogens (tertiary/aromatic N) is 3. The van der Waals surface area contributed by atoms with Gasteiger partial charge in [-0.15, -0.1) is 0 Å². The van der Waals surface area contributed by atoms with Gasteiger partial charge in [0.15, 0.2) is 5.75 Å². The Balaban J connectivity index is 1.48. The van der Waals surface area contributed by atoms with Gasteiger partial charge in [-0.2, -0.15) is 5.10 Å². The van der Waals surface area contributed by atoms with E-state index in [-0.39, 0.29) is 18.1 Å². The van der Waals surface area contributed by atoms with Crippen LogP contribution >= 0.6 is 0 Å². The summed E-state index contributed by atoms with van der Waals surface area (Å²) in [6.45, 7) is 0.948. The maximum Gasteiger partial charge on any atom is 0.270 e. The van der Waals surface area contributed by atoms with Crippen molar-refractivity contribution in [2.75, 3.05) is 20.3 Å². The molecule has 2 aromatic heterocycles. The summed E-state index contributed by atoms with van der Waals surface area (Å²) in [7, 11) is 3.66. The quantitative estimate of drug-likeness (QED) is 0.903. The van der Waals surface area contributed by atoms with E-state index in [1.807, 2.05) is 32.6 Å². The highest BCUT2D eigenvalue weighted by atomic mass is 16.5. The molecule has 0 aromatic carbocycles. The van der Waals surface area contributed by atoms with Gasteiger partial charge in [0.2, 0.25) is 0 Å². The van der Waals surface area contributed by atoms with E-state index in [1.54, 1.807) is 15.8 Å². The summed E-state index contributed by atoms with van der Waals surface area (Å²) in [6.07, 6.45) is 7.48. The molecule has 1 aliphatic heterocycles. The lowest BCUT2D eigenvalue weighted by atomic mass is 10.1. The van der Waals surface area contributed by atoms with Crippen molar-refractivity contribution in [2.45, 2.75) is 30.9 Å². The summed E-state index contributed by atoms with van der Waals surface area (Å²) >= 11 is 0. The van der Waals surface area contributed by atoms with E-state index in [9.17, 15) is 4.79 Å². The Hall–Kier alpha value is -2.28. The van der Waals surface area contributed by atoms with Crippen LogP contribution in [0.25, 0.3) is 0 Å². The highest BCUT2D eigenvalue weighted by Crippen LogP contribution is 2.41. The topological polar surface area (TPSA) is 72.4 Å². The summed E-state index contributed by atoms with van der Waals surface area (Å²) in [5, 5.41) is 4.11. The Labute approximate surface area is 140 Å². The Morgan fingerprint density at radius 1 is 1.46 bits per heavy atom. The summed E-state index contributed by atoms with van der Waals surface area (Å²) in [5.74, 6) is 1.22. The number of nitrogens with one attached hydrogen (secondary N) is 1. The molecule has 2 aromatic rings. The van der Waals surface area contributed by atoms with Gasteiger partial charge in [0.25, 0.3) is 5.91 Å². The van der Waals surface area contributed by atoms with Crippen molar-refractivity contribution in [3.63, 3.8) is 0 Å². The van der Waals surface area contributed by atoms with E-state index in [4.69, 9.17) is 9.47 Å². The van der Waals surface area contributed by atoms with Crippen LogP contribution in [0.4, 0.5) is 0 Å². The maximum absolute atomic E-state index is 12.9. The minimum absolute atomic E-state index is 0.00260. The van der Waals surface area contributed by atoms with Gasteiger partial charge < -0.3 is 19.4 Å². The Kier molecular flexibility index (Phi) is 3.80. The van der Waals surface area contributed by atoms with Gasteiger partial charge in [-0.3, -0.25) is 9.48 Å². The number of ether oxygens (including phenoxy) is 2. The first-order valence-corrected chi connectivity index (χ1v) is 8.31. The predicted octanol–water partition coefficient (Wildman–Crippen LogP) is 1.54. The van der Waals surface area contributed by atoms with Gasteiger partial charge in [0.1, 0.15) is 11.8 Å². The fourth-order valence-corrected chi connectivity index (χ4v) is 3.26. The second-order valence-corrected chi connectivity index (χ2v) is 6.61. The van der Waals surface area contributed by atoms with Crippen LogP contribution in [0.1, 0.15) is 34.8 Å². The SMILES string of the molecule is CN(C(=O)c1[nH]ccc1C1CC1)[C@H]1COC[C@H]1Oc1cnn(C)c1. The van der Waals surface area contributed by atoms with Crippen molar-refractivity contribution in [3.05, 3.63) is 35.9 Å². The Morgan fingerprint density at radius 2 is 2.29 bits per heavy atom. The van der Waals surface area contributed by atoms with Crippen molar-refractivity contribution in [2.24, 2.45) is 7.05 Å². The molecule has 24 heavy (non-hydrogen) atoms. The standard InChI is InChI=1S/C17H22N4O3/c1-20-8-12(7-19-20)24-15-10-23-9-14(15)21(2)17(22)16-13(5-6-18-16)11-3-4-11/h5-8,11,14-15,18H,3-4,9-10H2,1-2H3/t14-,15+/m0/s1. The van der Waals surface area contributed by atoms with Crippen molar-refractivity contribution >= 4 is 5.91 Å². The fourth-order valence-electron chi connectivity index (χ4n) is 3.26. The van der Waals surface area contributed by atoms with Crippen molar-refractivity contribution < 1.29 is 14.3 Å². The molecule has 2 aliphatic rings. The molecule has 4 rings (SSSR count). The van der Waals surface area contributed by atoms with Gasteiger partial charge in [-0.1, -0.05) is 0 Å². The molecule has 0 spiro atoms. The molecule has 128 valence electrons. The molecule has 2 fully saturated rings. The Morgan fingerprint density at radius 3 is 3.00 bits per heavy atom. The number of hydrogen-bond donors (Lipinski definition) is 1. The summed E-state index contributed by atoms with van der Waals surface area (Å²) < 4.78 is 13.2. The van der Waals surface area contributed by atoms with Crippen LogP contribution in [0.2, 0.25) is 0 Å². The third-order valence-electron chi connectivity index (χ3n) is 4.80. The maximum atomic E-state index is 12.9. The number of hydrogen-bond acceptors (Lipinski definition) is 4. The number of carbonyl (C=O) groups excluding carboxylic acids is 1. The number of likely N-dealkylation sites (N-methyl/N-ethyl adjacent to an activating group) is 1. The minimum Gasteiger partial charge on any atom is -0.482 e. The van der Waals surface area contributed by atoms with E-state index < -0.39 is 0 Å². The zero-order valence-corrected chi connectivity index (χ0v) is 13.9. The van der Waals surface area contributed by atoms with Crippen LogP contribution in [-0.4, -0.2) is 58.0 Å². The first kappa shape index (κ1) is 15.3. The van der Waals surface area contributed by atoms with Gasteiger partial charge in [0, 0.05) is 20.3 Å². The molecule has 1 N–H and O–H groups in total. The molecule has 1 saturated carbocycles. The Bertz CT molecular complexity index is 734. The van der Waals surface area contributed by atoms with E-state index in [0.29, 0.717) is 30.6 Å². The van der Waals surface area contributed by atoms with Crippen molar-refractivity contribution in [1.29, 1.82) is 0 Å². The van der Waals surface area contributed by atoms with Gasteiger partial charge in [0.05, 0.1) is 31.6 Å². The second-order valence-electron chi connectivity index (χ2n) is 6.61. The smallest absolute Gasteiger partial charge is 0.270 e. The third-order valence-corrected chi connectivity index (χ3v) is 4.80. The zero-order chi connectivity index (χ0) is 16.7. The molecular formula is C17H22N4O3. The molecule has 3 heterocycles. The molecule has 2 atom stereocenters. The van der Waals surface area contributed by atoms with E-state index in [2.05, 4.69) is 10.1 Å². The van der Waals surface area contributed by atoms with Crippen molar-refractivity contribution in [3.8, 4) is 5.75 Å². The molecule has 0 radical (unpaired) electrons. The first-order valence-electron chi connectivity index (χ1n) is 8.31. The lowest BCUT2D eigenvalue weighted by Gasteiger charge is -2.28. The van der Waals surface area contributed by atoms with Crippen LogP contribution < -0.4 is 4.74 Å². The molecular weight excluding hydrogens is 308 g/mol. The summed E-state index contributed by atoms with van der Waals surface area (Å²) in [6, 6.07) is 1.90. The lowest BCUT2D eigenvalue weighted by molar-refractivity contribution is 0.0615. The fraction of sp³-hybridized carbons (Fsp3) is 0.529. The normalized spacial score (nSPS) is 23.4. The monoisotopic (exact) mass is 330 g/mol. The second kappa shape index (κ2) is 5.98. The number of carbonyl (C=O) groups is 1. The molecule has 1 saturated heterocycles. The number of aryl methyl sites for hydroxylation is 1. The largest absolute Gasteiger partial charge is 0.482 e. The van der Waals surface area contributed by atoms with E-state index in [0.717, 1.165) is 5.56 Å². The number of H-pyrrole nitrogens is 1.